The van der Waals surface area contributed by atoms with Crippen molar-refractivity contribution >= 4 is 39.1 Å². The normalized spacial score (nSPS) is 15.4. The van der Waals surface area contributed by atoms with Gasteiger partial charge in [0.2, 0.25) is 5.12 Å². The second-order valence-corrected chi connectivity index (χ2v) is 7.17. The molecule has 1 heterocycles. The van der Waals surface area contributed by atoms with E-state index < -0.39 is 0 Å². The summed E-state index contributed by atoms with van der Waals surface area (Å²) in [5.74, 6) is 1.23. The number of hydrogen-bond donors (Lipinski definition) is 0. The highest BCUT2D eigenvalue weighted by atomic mass is 32.2. The molecule has 0 saturated carbocycles. The number of carbonyl (C=O) groups excluding carboxylic acids is 1. The second kappa shape index (κ2) is 8.27. The Bertz CT molecular complexity index is 832. The van der Waals surface area contributed by atoms with Crippen LogP contribution in [0.25, 0.3) is 6.08 Å². The van der Waals surface area contributed by atoms with Gasteiger partial charge in [-0.15, -0.1) is 11.8 Å². The SMILES string of the molecule is COc1cccc(/C=C2\N=C(SC)SC2=O)c1OCc1ccccc1. The molecule has 1 aliphatic heterocycles. The molecule has 0 unspecified atom stereocenters. The summed E-state index contributed by atoms with van der Waals surface area (Å²) in [7, 11) is 1.60. The second-order valence-electron chi connectivity index (χ2n) is 5.15. The van der Waals surface area contributed by atoms with E-state index >= 15 is 0 Å². The Labute approximate surface area is 155 Å². The molecule has 1 aliphatic rings. The molecular formula is C19H17NO3S2. The first kappa shape index (κ1) is 17.6. The lowest BCUT2D eigenvalue weighted by Crippen LogP contribution is -2.00. The largest absolute Gasteiger partial charge is 0.493 e. The molecule has 0 aliphatic carbocycles. The molecular weight excluding hydrogens is 354 g/mol. The lowest BCUT2D eigenvalue weighted by atomic mass is 10.1. The number of aliphatic imine (C=N–C) groups is 1. The van der Waals surface area contributed by atoms with Gasteiger partial charge >= 0.3 is 0 Å². The first-order chi connectivity index (χ1) is 12.2. The van der Waals surface area contributed by atoms with Gasteiger partial charge in [0.25, 0.3) is 0 Å². The molecule has 2 aromatic carbocycles. The molecule has 6 heteroatoms. The third kappa shape index (κ3) is 4.27. The Morgan fingerprint density at radius 3 is 2.64 bits per heavy atom. The zero-order valence-electron chi connectivity index (χ0n) is 13.9. The van der Waals surface area contributed by atoms with Gasteiger partial charge in [-0.2, -0.15) is 0 Å². The fourth-order valence-electron chi connectivity index (χ4n) is 2.32. The lowest BCUT2D eigenvalue weighted by molar-refractivity contribution is -0.107. The number of nitrogens with zero attached hydrogens (tertiary/aromatic N) is 1. The number of hydrogen-bond acceptors (Lipinski definition) is 6. The topological polar surface area (TPSA) is 47.9 Å². The molecule has 25 heavy (non-hydrogen) atoms. The maximum absolute atomic E-state index is 12.1. The van der Waals surface area contributed by atoms with Crippen LogP contribution in [0.1, 0.15) is 11.1 Å². The van der Waals surface area contributed by atoms with Gasteiger partial charge in [-0.3, -0.25) is 4.79 Å². The molecule has 2 aromatic rings. The van der Waals surface area contributed by atoms with Crippen LogP contribution in [0.5, 0.6) is 11.5 Å². The van der Waals surface area contributed by atoms with Gasteiger partial charge in [0.05, 0.1) is 7.11 Å². The summed E-state index contributed by atoms with van der Waals surface area (Å²) in [5, 5.41) is -0.0545. The fourth-order valence-corrected chi connectivity index (χ4v) is 3.58. The highest BCUT2D eigenvalue weighted by Crippen LogP contribution is 2.36. The van der Waals surface area contributed by atoms with Crippen LogP contribution in [-0.2, 0) is 11.4 Å². The van der Waals surface area contributed by atoms with E-state index in [4.69, 9.17) is 9.47 Å². The number of benzene rings is 2. The summed E-state index contributed by atoms with van der Waals surface area (Å²) in [6.07, 6.45) is 3.66. The van der Waals surface area contributed by atoms with E-state index in [1.165, 1.54) is 11.8 Å². The van der Waals surface area contributed by atoms with Crippen LogP contribution in [0.15, 0.2) is 59.2 Å². The molecule has 128 valence electrons. The third-order valence-electron chi connectivity index (χ3n) is 3.52. The average molecular weight is 371 g/mol. The Kier molecular flexibility index (Phi) is 5.83. The van der Waals surface area contributed by atoms with Gasteiger partial charge in [-0.25, -0.2) is 4.99 Å². The molecule has 0 radical (unpaired) electrons. The zero-order valence-corrected chi connectivity index (χ0v) is 15.5. The Balaban J connectivity index is 1.92. The van der Waals surface area contributed by atoms with Crippen molar-refractivity contribution in [1.29, 1.82) is 0 Å². The van der Waals surface area contributed by atoms with Crippen molar-refractivity contribution in [3.63, 3.8) is 0 Å². The molecule has 0 atom stereocenters. The number of methoxy groups -OCH3 is 1. The minimum atomic E-state index is -0.0545. The highest BCUT2D eigenvalue weighted by Gasteiger charge is 2.22. The van der Waals surface area contributed by atoms with E-state index in [9.17, 15) is 4.79 Å². The van der Waals surface area contributed by atoms with E-state index in [0.717, 1.165) is 27.3 Å². The summed E-state index contributed by atoms with van der Waals surface area (Å²) in [4.78, 5) is 16.4. The van der Waals surface area contributed by atoms with Gasteiger partial charge in [-0.1, -0.05) is 42.5 Å². The van der Waals surface area contributed by atoms with Crippen molar-refractivity contribution in [2.45, 2.75) is 6.61 Å². The summed E-state index contributed by atoms with van der Waals surface area (Å²) >= 11 is 2.62. The fraction of sp³-hybridized carbons (Fsp3) is 0.158. The molecule has 0 N–H and O–H groups in total. The highest BCUT2D eigenvalue weighted by molar-refractivity contribution is 8.45. The molecule has 0 amide bonds. The maximum Gasteiger partial charge on any atom is 0.244 e. The van der Waals surface area contributed by atoms with Crippen LogP contribution in [0.3, 0.4) is 0 Å². The van der Waals surface area contributed by atoms with Gasteiger partial charge in [-0.05, 0) is 35.7 Å². The molecule has 4 nitrogen and oxygen atoms in total. The van der Waals surface area contributed by atoms with Crippen molar-refractivity contribution in [2.24, 2.45) is 4.99 Å². The van der Waals surface area contributed by atoms with Gasteiger partial charge in [0.1, 0.15) is 16.7 Å². The van der Waals surface area contributed by atoms with Crippen molar-refractivity contribution < 1.29 is 14.3 Å². The van der Waals surface area contributed by atoms with Crippen LogP contribution in [-0.4, -0.2) is 22.9 Å². The molecule has 0 aromatic heterocycles. The number of carbonyl (C=O) groups is 1. The van der Waals surface area contributed by atoms with Crippen molar-refractivity contribution in [2.75, 3.05) is 13.4 Å². The van der Waals surface area contributed by atoms with Gasteiger partial charge < -0.3 is 9.47 Å². The van der Waals surface area contributed by atoms with E-state index in [1.807, 2.05) is 54.8 Å². The number of thioether (sulfide) groups is 2. The van der Waals surface area contributed by atoms with E-state index in [1.54, 1.807) is 13.2 Å². The molecule has 0 spiro atoms. The molecule has 0 bridgehead atoms. The molecule has 0 fully saturated rings. The van der Waals surface area contributed by atoms with Crippen molar-refractivity contribution in [1.82, 2.24) is 0 Å². The monoisotopic (exact) mass is 371 g/mol. The third-order valence-corrected chi connectivity index (χ3v) is 5.37. The van der Waals surface area contributed by atoms with Gasteiger partial charge in [0.15, 0.2) is 11.5 Å². The quantitative estimate of drug-likeness (QED) is 0.719. The van der Waals surface area contributed by atoms with E-state index in [-0.39, 0.29) is 5.12 Å². The van der Waals surface area contributed by atoms with Crippen LogP contribution >= 0.6 is 23.5 Å². The van der Waals surface area contributed by atoms with Crippen molar-refractivity contribution in [3.05, 3.63) is 65.4 Å². The Hall–Kier alpha value is -2.18. The number of para-hydroxylation sites is 1. The van der Waals surface area contributed by atoms with Crippen LogP contribution < -0.4 is 9.47 Å². The predicted molar refractivity (Wildman–Crippen MR) is 105 cm³/mol. The minimum absolute atomic E-state index is 0.0545. The summed E-state index contributed by atoms with van der Waals surface area (Å²) in [6.45, 7) is 0.416. The van der Waals surface area contributed by atoms with Gasteiger partial charge in [0, 0.05) is 5.56 Å². The molecule has 3 rings (SSSR count). The summed E-state index contributed by atoms with van der Waals surface area (Å²) < 4.78 is 12.2. The van der Waals surface area contributed by atoms with E-state index in [2.05, 4.69) is 4.99 Å². The first-order valence-electron chi connectivity index (χ1n) is 7.61. The first-order valence-corrected chi connectivity index (χ1v) is 9.65. The average Bonchev–Trinajstić information content (AvgIpc) is 3.01. The Morgan fingerprint density at radius 2 is 1.96 bits per heavy atom. The predicted octanol–water partition coefficient (Wildman–Crippen LogP) is 4.61. The Morgan fingerprint density at radius 1 is 1.16 bits per heavy atom. The van der Waals surface area contributed by atoms with Crippen LogP contribution in [0.2, 0.25) is 0 Å². The van der Waals surface area contributed by atoms with E-state index in [0.29, 0.717) is 23.8 Å². The number of rotatable bonds is 5. The van der Waals surface area contributed by atoms with Crippen LogP contribution in [0, 0.1) is 0 Å². The maximum atomic E-state index is 12.1. The summed E-state index contributed by atoms with van der Waals surface area (Å²) in [5.41, 5.74) is 2.25. The summed E-state index contributed by atoms with van der Waals surface area (Å²) in [6, 6.07) is 15.5. The zero-order chi connectivity index (χ0) is 17.6. The van der Waals surface area contributed by atoms with Crippen molar-refractivity contribution in [3.8, 4) is 11.5 Å². The molecule has 0 saturated heterocycles. The number of ether oxygens (including phenoxy) is 2. The van der Waals surface area contributed by atoms with Crippen LogP contribution in [0.4, 0.5) is 0 Å². The minimum Gasteiger partial charge on any atom is -0.493 e. The smallest absolute Gasteiger partial charge is 0.244 e. The lowest BCUT2D eigenvalue weighted by Gasteiger charge is -2.13. The standard InChI is InChI=1S/C19H17NO3S2/c1-22-16-10-6-9-14(11-15-18(21)25-19(20-15)24-2)17(16)23-12-13-7-4-3-5-8-13/h3-11H,12H2,1-2H3/b15-11-.